The average molecular weight is 193 g/mol. The van der Waals surface area contributed by atoms with Crippen LogP contribution in [0.4, 0.5) is 5.69 Å². The molecule has 0 aromatic heterocycles. The van der Waals surface area contributed by atoms with Gasteiger partial charge in [-0.3, -0.25) is 0 Å². The maximum Gasteiger partial charge on any atom is 0.198 e. The van der Waals surface area contributed by atoms with Gasteiger partial charge in [0.15, 0.2) is 5.88 Å². The molecule has 1 heterocycles. The van der Waals surface area contributed by atoms with Gasteiger partial charge in [-0.15, -0.1) is 11.8 Å². The monoisotopic (exact) mass is 193 g/mol. The summed E-state index contributed by atoms with van der Waals surface area (Å²) in [5, 5.41) is 11.2. The smallest absolute Gasteiger partial charge is 0.198 e. The number of hydrogen-bond acceptors (Lipinski definition) is 3. The van der Waals surface area contributed by atoms with Crippen molar-refractivity contribution in [1.29, 1.82) is 0 Å². The van der Waals surface area contributed by atoms with Gasteiger partial charge in [-0.05, 0) is 19.1 Å². The number of aliphatic hydroxyl groups is 1. The highest BCUT2D eigenvalue weighted by molar-refractivity contribution is 8.02. The first-order valence-electron chi connectivity index (χ1n) is 4.12. The van der Waals surface area contributed by atoms with E-state index in [9.17, 15) is 5.11 Å². The summed E-state index contributed by atoms with van der Waals surface area (Å²) >= 11 is 1.60. The topological polar surface area (TPSA) is 23.5 Å². The van der Waals surface area contributed by atoms with Gasteiger partial charge in [-0.25, -0.2) is 0 Å². The number of rotatable bonds is 1. The Morgan fingerprint density at radius 3 is 2.54 bits per heavy atom. The molecular formula is C10H11NOS. The maximum atomic E-state index is 9.48. The molecule has 0 unspecified atom stereocenters. The van der Waals surface area contributed by atoms with Crippen LogP contribution in [0.25, 0.3) is 0 Å². The third kappa shape index (κ3) is 1.65. The summed E-state index contributed by atoms with van der Waals surface area (Å²) in [5.74, 6) is 1.14. The number of hydrogen-bond donors (Lipinski definition) is 1. The number of thioether (sulfide) groups is 1. The fourth-order valence-electron chi connectivity index (χ4n) is 1.25. The van der Waals surface area contributed by atoms with Crippen LogP contribution in [0, 0.1) is 6.92 Å². The van der Waals surface area contributed by atoms with Gasteiger partial charge in [-0.2, -0.15) is 0 Å². The van der Waals surface area contributed by atoms with Gasteiger partial charge in [0.1, 0.15) is 0 Å². The number of nitrogens with zero attached hydrogens (tertiary/aromatic N) is 1. The standard InChI is InChI=1S/C10H11NOS/c1-8-2-4-9(5-3-8)11-7-13-6-10(11)12/h2-6,12H,7H2,1H3. The second-order valence-electron chi connectivity index (χ2n) is 3.04. The van der Waals surface area contributed by atoms with Crippen LogP contribution in [0.5, 0.6) is 0 Å². The molecule has 1 aromatic rings. The van der Waals surface area contributed by atoms with Gasteiger partial charge in [0.05, 0.1) is 5.88 Å². The van der Waals surface area contributed by atoms with Crippen molar-refractivity contribution in [2.45, 2.75) is 6.92 Å². The number of aliphatic hydroxyl groups excluding tert-OH is 1. The average Bonchev–Trinajstić information content (AvgIpc) is 2.53. The minimum Gasteiger partial charge on any atom is -0.494 e. The summed E-state index contributed by atoms with van der Waals surface area (Å²) in [7, 11) is 0. The second-order valence-corrected chi connectivity index (χ2v) is 3.86. The van der Waals surface area contributed by atoms with E-state index >= 15 is 0 Å². The molecule has 0 saturated carbocycles. The lowest BCUT2D eigenvalue weighted by atomic mass is 10.2. The van der Waals surface area contributed by atoms with Gasteiger partial charge in [-0.1, -0.05) is 17.7 Å². The van der Waals surface area contributed by atoms with Crippen molar-refractivity contribution >= 4 is 17.4 Å². The van der Waals surface area contributed by atoms with E-state index < -0.39 is 0 Å². The fraction of sp³-hybridized carbons (Fsp3) is 0.200. The Bertz CT molecular complexity index is 331. The van der Waals surface area contributed by atoms with E-state index in [1.807, 2.05) is 29.2 Å². The van der Waals surface area contributed by atoms with E-state index in [0.29, 0.717) is 5.88 Å². The highest BCUT2D eigenvalue weighted by Gasteiger charge is 2.15. The van der Waals surface area contributed by atoms with Gasteiger partial charge >= 0.3 is 0 Å². The van der Waals surface area contributed by atoms with Gasteiger partial charge in [0.2, 0.25) is 0 Å². The molecule has 0 spiro atoms. The summed E-state index contributed by atoms with van der Waals surface area (Å²) in [6.07, 6.45) is 0. The lowest BCUT2D eigenvalue weighted by molar-refractivity contribution is 0.400. The molecule has 1 aromatic carbocycles. The quantitative estimate of drug-likeness (QED) is 0.741. The largest absolute Gasteiger partial charge is 0.494 e. The Hall–Kier alpha value is -1.09. The van der Waals surface area contributed by atoms with E-state index in [0.717, 1.165) is 11.6 Å². The van der Waals surface area contributed by atoms with Crippen LogP contribution < -0.4 is 4.90 Å². The molecule has 2 rings (SSSR count). The Balaban J connectivity index is 2.26. The molecule has 0 radical (unpaired) electrons. The third-order valence-corrected chi connectivity index (χ3v) is 2.80. The zero-order valence-corrected chi connectivity index (χ0v) is 8.21. The predicted molar refractivity (Wildman–Crippen MR) is 56.8 cm³/mol. The van der Waals surface area contributed by atoms with Crippen LogP contribution in [0.2, 0.25) is 0 Å². The normalized spacial score (nSPS) is 16.1. The summed E-state index contributed by atoms with van der Waals surface area (Å²) < 4.78 is 0. The van der Waals surface area contributed by atoms with Crippen LogP contribution in [-0.2, 0) is 0 Å². The number of benzene rings is 1. The minimum atomic E-state index is 0.342. The second kappa shape index (κ2) is 3.34. The molecule has 0 aliphatic carbocycles. The van der Waals surface area contributed by atoms with E-state index in [2.05, 4.69) is 6.92 Å². The molecular weight excluding hydrogens is 182 g/mol. The summed E-state index contributed by atoms with van der Waals surface area (Å²) in [6.45, 7) is 2.05. The van der Waals surface area contributed by atoms with Crippen molar-refractivity contribution in [1.82, 2.24) is 0 Å². The molecule has 1 aliphatic heterocycles. The summed E-state index contributed by atoms with van der Waals surface area (Å²) in [6, 6.07) is 8.13. The Morgan fingerprint density at radius 1 is 1.31 bits per heavy atom. The molecule has 3 heteroatoms. The van der Waals surface area contributed by atoms with Crippen molar-refractivity contribution in [2.24, 2.45) is 0 Å². The SMILES string of the molecule is Cc1ccc(N2CSC=C2O)cc1. The van der Waals surface area contributed by atoms with Gasteiger partial charge in [0, 0.05) is 11.1 Å². The molecule has 0 amide bonds. The zero-order valence-electron chi connectivity index (χ0n) is 7.40. The molecule has 1 N–H and O–H groups in total. The highest BCUT2D eigenvalue weighted by Crippen LogP contribution is 2.27. The number of aryl methyl sites for hydroxylation is 1. The van der Waals surface area contributed by atoms with E-state index in [4.69, 9.17) is 0 Å². The Labute approximate surface area is 81.9 Å². The molecule has 0 atom stereocenters. The Morgan fingerprint density at radius 2 is 2.00 bits per heavy atom. The Kier molecular flexibility index (Phi) is 2.19. The molecule has 0 bridgehead atoms. The molecule has 2 nitrogen and oxygen atoms in total. The third-order valence-electron chi connectivity index (χ3n) is 2.01. The van der Waals surface area contributed by atoms with E-state index in [1.165, 1.54) is 5.56 Å². The van der Waals surface area contributed by atoms with Gasteiger partial charge in [0.25, 0.3) is 0 Å². The van der Waals surface area contributed by atoms with E-state index in [-0.39, 0.29) is 0 Å². The minimum absolute atomic E-state index is 0.342. The fourth-order valence-corrected chi connectivity index (χ4v) is 2.03. The first-order valence-corrected chi connectivity index (χ1v) is 5.17. The molecule has 0 fully saturated rings. The molecule has 13 heavy (non-hydrogen) atoms. The number of anilines is 1. The van der Waals surface area contributed by atoms with Crippen molar-refractivity contribution in [3.63, 3.8) is 0 Å². The summed E-state index contributed by atoms with van der Waals surface area (Å²) in [4.78, 5) is 1.88. The van der Waals surface area contributed by atoms with Crippen LogP contribution in [0.15, 0.2) is 35.6 Å². The van der Waals surface area contributed by atoms with Crippen molar-refractivity contribution in [3.05, 3.63) is 41.1 Å². The van der Waals surface area contributed by atoms with Crippen molar-refractivity contribution in [3.8, 4) is 0 Å². The lowest BCUT2D eigenvalue weighted by Crippen LogP contribution is -2.16. The summed E-state index contributed by atoms with van der Waals surface area (Å²) in [5.41, 5.74) is 2.28. The van der Waals surface area contributed by atoms with Gasteiger partial charge < -0.3 is 10.0 Å². The van der Waals surface area contributed by atoms with Crippen LogP contribution >= 0.6 is 11.8 Å². The van der Waals surface area contributed by atoms with Crippen LogP contribution in [0.3, 0.4) is 0 Å². The maximum absolute atomic E-state index is 9.48. The van der Waals surface area contributed by atoms with Crippen LogP contribution in [-0.4, -0.2) is 11.0 Å². The first kappa shape index (κ1) is 8.51. The van der Waals surface area contributed by atoms with Crippen molar-refractivity contribution in [2.75, 3.05) is 10.8 Å². The molecule has 1 aliphatic rings. The molecule has 0 saturated heterocycles. The van der Waals surface area contributed by atoms with E-state index in [1.54, 1.807) is 17.2 Å². The molecule has 68 valence electrons. The zero-order chi connectivity index (χ0) is 9.26. The highest BCUT2D eigenvalue weighted by atomic mass is 32.2. The van der Waals surface area contributed by atoms with Crippen LogP contribution in [0.1, 0.15) is 5.56 Å². The lowest BCUT2D eigenvalue weighted by Gasteiger charge is -2.17. The first-order chi connectivity index (χ1) is 6.27. The van der Waals surface area contributed by atoms with Crippen molar-refractivity contribution < 1.29 is 5.11 Å². The predicted octanol–water partition coefficient (Wildman–Crippen LogP) is 2.86.